The zero-order valence-electron chi connectivity index (χ0n) is 9.69. The zero-order chi connectivity index (χ0) is 12.2. The van der Waals surface area contributed by atoms with Crippen molar-refractivity contribution in [2.24, 2.45) is 0 Å². The van der Waals surface area contributed by atoms with E-state index in [9.17, 15) is 4.79 Å². The maximum atomic E-state index is 11.4. The van der Waals surface area contributed by atoms with Crippen molar-refractivity contribution < 1.29 is 9.53 Å². The summed E-state index contributed by atoms with van der Waals surface area (Å²) in [6.07, 6.45) is 1.62. The summed E-state index contributed by atoms with van der Waals surface area (Å²) in [5, 5.41) is 0.728. The van der Waals surface area contributed by atoms with Crippen LogP contribution >= 0.6 is 11.8 Å². The fourth-order valence-corrected chi connectivity index (χ4v) is 1.69. The highest BCUT2D eigenvalue weighted by atomic mass is 32.2. The van der Waals surface area contributed by atoms with Gasteiger partial charge in [0, 0.05) is 11.9 Å². The molecule has 0 unspecified atom stereocenters. The van der Waals surface area contributed by atoms with Gasteiger partial charge in [0.1, 0.15) is 5.60 Å². The van der Waals surface area contributed by atoms with Crippen molar-refractivity contribution >= 4 is 23.4 Å². The number of hydrogen-bond acceptors (Lipinski definition) is 5. The van der Waals surface area contributed by atoms with E-state index in [1.54, 1.807) is 18.3 Å². The fraction of sp³-hybridized carbons (Fsp3) is 0.455. The first-order valence-electron chi connectivity index (χ1n) is 4.93. The van der Waals surface area contributed by atoms with E-state index < -0.39 is 5.60 Å². The summed E-state index contributed by atoms with van der Waals surface area (Å²) in [7, 11) is 0. The van der Waals surface area contributed by atoms with Crippen molar-refractivity contribution in [3.05, 3.63) is 18.3 Å². The minimum absolute atomic E-state index is 0.244. The summed E-state index contributed by atoms with van der Waals surface area (Å²) in [6, 6.07) is 3.44. The van der Waals surface area contributed by atoms with Crippen LogP contribution in [0.3, 0.4) is 0 Å². The Labute approximate surface area is 99.6 Å². The molecule has 88 valence electrons. The minimum Gasteiger partial charge on any atom is -0.459 e. The number of pyridine rings is 1. The Balaban J connectivity index is 2.43. The molecule has 0 aliphatic heterocycles. The smallest absolute Gasteiger partial charge is 0.316 e. The zero-order valence-corrected chi connectivity index (χ0v) is 10.5. The SMILES string of the molecule is CC(C)(C)OC(=O)CSc1cc(N)ccn1. The number of aromatic nitrogens is 1. The predicted molar refractivity (Wildman–Crippen MR) is 65.2 cm³/mol. The molecule has 16 heavy (non-hydrogen) atoms. The number of nitrogens with two attached hydrogens (primary N) is 1. The van der Waals surface area contributed by atoms with Crippen LogP contribution in [0.15, 0.2) is 23.4 Å². The van der Waals surface area contributed by atoms with Gasteiger partial charge in [-0.2, -0.15) is 0 Å². The molecule has 0 amide bonds. The van der Waals surface area contributed by atoms with Gasteiger partial charge in [-0.05, 0) is 32.9 Å². The number of carbonyl (C=O) groups is 1. The van der Waals surface area contributed by atoms with E-state index in [1.165, 1.54) is 11.8 Å². The summed E-state index contributed by atoms with van der Waals surface area (Å²) in [5.74, 6) is -0.00463. The average molecular weight is 240 g/mol. The molecule has 1 heterocycles. The van der Waals surface area contributed by atoms with Gasteiger partial charge in [0.05, 0.1) is 10.8 Å². The Morgan fingerprint density at radius 3 is 2.81 bits per heavy atom. The molecule has 0 atom stereocenters. The monoisotopic (exact) mass is 240 g/mol. The molecule has 1 aromatic rings. The van der Waals surface area contributed by atoms with Gasteiger partial charge < -0.3 is 10.5 Å². The standard InChI is InChI=1S/C11H16N2O2S/c1-11(2,3)15-10(14)7-16-9-6-8(12)4-5-13-9/h4-6H,7H2,1-3H3,(H2,12,13). The highest BCUT2D eigenvalue weighted by Gasteiger charge is 2.16. The highest BCUT2D eigenvalue weighted by molar-refractivity contribution is 7.99. The second-order valence-electron chi connectivity index (χ2n) is 4.30. The molecule has 0 aliphatic carbocycles. The van der Waals surface area contributed by atoms with Crippen LogP contribution in [-0.4, -0.2) is 22.3 Å². The van der Waals surface area contributed by atoms with Gasteiger partial charge in [0.15, 0.2) is 0 Å². The second kappa shape index (κ2) is 5.21. The maximum absolute atomic E-state index is 11.4. The third-order valence-corrected chi connectivity index (χ3v) is 2.42. The quantitative estimate of drug-likeness (QED) is 0.647. The molecule has 0 aliphatic rings. The summed E-state index contributed by atoms with van der Waals surface area (Å²) >= 11 is 1.32. The van der Waals surface area contributed by atoms with Crippen LogP contribution in [0.25, 0.3) is 0 Å². The number of nitrogen functional groups attached to an aromatic ring is 1. The third-order valence-electron chi connectivity index (χ3n) is 1.52. The summed E-state index contributed by atoms with van der Waals surface area (Å²) in [5.41, 5.74) is 5.79. The predicted octanol–water partition coefficient (Wildman–Crippen LogP) is 2.10. The second-order valence-corrected chi connectivity index (χ2v) is 5.30. The average Bonchev–Trinajstić information content (AvgIpc) is 2.12. The van der Waals surface area contributed by atoms with E-state index in [4.69, 9.17) is 10.5 Å². The topological polar surface area (TPSA) is 65.2 Å². The Hall–Kier alpha value is -1.23. The van der Waals surface area contributed by atoms with Crippen LogP contribution in [0.5, 0.6) is 0 Å². The van der Waals surface area contributed by atoms with Crippen LogP contribution in [0.1, 0.15) is 20.8 Å². The molecule has 0 spiro atoms. The van der Waals surface area contributed by atoms with Gasteiger partial charge in [-0.1, -0.05) is 11.8 Å². The van der Waals surface area contributed by atoms with Crippen LogP contribution in [0.4, 0.5) is 5.69 Å². The highest BCUT2D eigenvalue weighted by Crippen LogP contribution is 2.18. The number of carbonyl (C=O) groups excluding carboxylic acids is 1. The molecule has 0 radical (unpaired) electrons. The molecular formula is C11H16N2O2S. The Morgan fingerprint density at radius 2 is 2.25 bits per heavy atom. The molecular weight excluding hydrogens is 224 g/mol. The molecule has 1 rings (SSSR count). The third kappa shape index (κ3) is 5.02. The molecule has 0 saturated heterocycles. The largest absolute Gasteiger partial charge is 0.459 e. The maximum Gasteiger partial charge on any atom is 0.316 e. The van der Waals surface area contributed by atoms with Crippen molar-refractivity contribution in [3.8, 4) is 0 Å². The number of nitrogens with zero attached hydrogens (tertiary/aromatic N) is 1. The summed E-state index contributed by atoms with van der Waals surface area (Å²) in [4.78, 5) is 15.5. The summed E-state index contributed by atoms with van der Waals surface area (Å²) in [6.45, 7) is 5.52. The molecule has 1 aromatic heterocycles. The Kier molecular flexibility index (Phi) is 4.18. The van der Waals surface area contributed by atoms with E-state index in [0.29, 0.717) is 5.69 Å². The summed E-state index contributed by atoms with van der Waals surface area (Å²) < 4.78 is 5.17. The van der Waals surface area contributed by atoms with Crippen molar-refractivity contribution in [1.82, 2.24) is 4.98 Å². The first-order valence-corrected chi connectivity index (χ1v) is 5.91. The molecule has 0 aromatic carbocycles. The van der Waals surface area contributed by atoms with E-state index in [1.807, 2.05) is 20.8 Å². The number of esters is 1. The Bertz CT molecular complexity index is 374. The van der Waals surface area contributed by atoms with E-state index in [2.05, 4.69) is 4.98 Å². The van der Waals surface area contributed by atoms with Gasteiger partial charge in [-0.25, -0.2) is 4.98 Å². The fourth-order valence-electron chi connectivity index (χ4n) is 1.01. The number of hydrogen-bond donors (Lipinski definition) is 1. The first kappa shape index (κ1) is 12.8. The van der Waals surface area contributed by atoms with Crippen LogP contribution in [-0.2, 0) is 9.53 Å². The van der Waals surface area contributed by atoms with Crippen molar-refractivity contribution in [2.75, 3.05) is 11.5 Å². The number of thioether (sulfide) groups is 1. The van der Waals surface area contributed by atoms with Gasteiger partial charge in [-0.3, -0.25) is 4.79 Å². The number of anilines is 1. The van der Waals surface area contributed by atoms with E-state index in [0.717, 1.165) is 5.03 Å². The molecule has 0 fully saturated rings. The van der Waals surface area contributed by atoms with Gasteiger partial charge in [-0.15, -0.1) is 0 Å². The lowest BCUT2D eigenvalue weighted by molar-refractivity contribution is -0.151. The van der Waals surface area contributed by atoms with Crippen molar-refractivity contribution in [1.29, 1.82) is 0 Å². The van der Waals surface area contributed by atoms with Crippen molar-refractivity contribution in [2.45, 2.75) is 31.4 Å². The van der Waals surface area contributed by atoms with E-state index in [-0.39, 0.29) is 11.7 Å². The van der Waals surface area contributed by atoms with Gasteiger partial charge >= 0.3 is 5.97 Å². The lowest BCUT2D eigenvalue weighted by Gasteiger charge is -2.19. The lowest BCUT2D eigenvalue weighted by Crippen LogP contribution is -2.24. The lowest BCUT2D eigenvalue weighted by atomic mass is 10.2. The Morgan fingerprint density at radius 1 is 1.56 bits per heavy atom. The van der Waals surface area contributed by atoms with E-state index >= 15 is 0 Å². The minimum atomic E-state index is -0.444. The normalized spacial score (nSPS) is 11.2. The molecule has 2 N–H and O–H groups in total. The van der Waals surface area contributed by atoms with Gasteiger partial charge in [0.25, 0.3) is 0 Å². The van der Waals surface area contributed by atoms with Crippen molar-refractivity contribution in [3.63, 3.8) is 0 Å². The molecule has 0 saturated carbocycles. The van der Waals surface area contributed by atoms with Crippen LogP contribution in [0.2, 0.25) is 0 Å². The number of rotatable bonds is 3. The molecule has 5 heteroatoms. The van der Waals surface area contributed by atoms with Crippen LogP contribution in [0, 0.1) is 0 Å². The number of ether oxygens (including phenoxy) is 1. The molecule has 0 bridgehead atoms. The van der Waals surface area contributed by atoms with Gasteiger partial charge in [0.2, 0.25) is 0 Å². The first-order chi connectivity index (χ1) is 7.37. The van der Waals surface area contributed by atoms with Crippen LogP contribution < -0.4 is 5.73 Å². The molecule has 4 nitrogen and oxygen atoms in total.